The Bertz CT molecular complexity index is 909. The van der Waals surface area contributed by atoms with Gasteiger partial charge >= 0.3 is 0 Å². The predicted molar refractivity (Wildman–Crippen MR) is 113 cm³/mol. The largest absolute Gasteiger partial charge is 0.356 e. The zero-order chi connectivity index (χ0) is 19.6. The number of benzene rings is 1. The monoisotopic (exact) mass is 377 g/mol. The van der Waals surface area contributed by atoms with E-state index in [0.29, 0.717) is 24.7 Å². The van der Waals surface area contributed by atoms with E-state index in [2.05, 4.69) is 22.4 Å². The molecule has 0 saturated carbocycles. The molecule has 6 nitrogen and oxygen atoms in total. The second-order valence-corrected chi connectivity index (χ2v) is 6.70. The van der Waals surface area contributed by atoms with Crippen LogP contribution in [0.1, 0.15) is 24.8 Å². The van der Waals surface area contributed by atoms with Gasteiger partial charge in [0.1, 0.15) is 0 Å². The van der Waals surface area contributed by atoms with E-state index in [0.717, 1.165) is 37.8 Å². The number of unbranched alkanes of at least 4 members (excludes halogenated alkanes) is 2. The SMILES string of the molecule is NCCCCCNc1nc(-c2ccncc2)cc(=O)n1CCc1ccccc1. The fourth-order valence-corrected chi connectivity index (χ4v) is 3.06. The van der Waals surface area contributed by atoms with Gasteiger partial charge < -0.3 is 11.1 Å². The number of aryl methyl sites for hydroxylation is 1. The Hall–Kier alpha value is -2.99. The molecule has 6 heteroatoms. The van der Waals surface area contributed by atoms with Gasteiger partial charge in [0.2, 0.25) is 5.95 Å². The Morgan fingerprint density at radius 3 is 2.54 bits per heavy atom. The van der Waals surface area contributed by atoms with Crippen LogP contribution in [-0.2, 0) is 13.0 Å². The van der Waals surface area contributed by atoms with Crippen molar-refractivity contribution in [3.8, 4) is 11.3 Å². The number of nitrogens with zero attached hydrogens (tertiary/aromatic N) is 3. The maximum atomic E-state index is 12.8. The lowest BCUT2D eigenvalue weighted by Gasteiger charge is -2.15. The third-order valence-corrected chi connectivity index (χ3v) is 4.62. The molecule has 0 aliphatic heterocycles. The van der Waals surface area contributed by atoms with Crippen LogP contribution >= 0.6 is 0 Å². The zero-order valence-electron chi connectivity index (χ0n) is 16.1. The minimum atomic E-state index is -0.0535. The van der Waals surface area contributed by atoms with E-state index in [9.17, 15) is 4.79 Å². The first-order valence-corrected chi connectivity index (χ1v) is 9.78. The molecule has 2 heterocycles. The van der Waals surface area contributed by atoms with Gasteiger partial charge in [0.25, 0.3) is 5.56 Å². The summed E-state index contributed by atoms with van der Waals surface area (Å²) in [5.74, 6) is 0.614. The predicted octanol–water partition coefficient (Wildman–Crippen LogP) is 3.09. The summed E-state index contributed by atoms with van der Waals surface area (Å²) in [6, 6.07) is 15.5. The molecule has 28 heavy (non-hydrogen) atoms. The highest BCUT2D eigenvalue weighted by molar-refractivity contribution is 5.59. The summed E-state index contributed by atoms with van der Waals surface area (Å²) in [4.78, 5) is 21.6. The molecule has 0 atom stereocenters. The van der Waals surface area contributed by atoms with E-state index in [1.807, 2.05) is 30.3 Å². The van der Waals surface area contributed by atoms with Gasteiger partial charge in [0, 0.05) is 37.1 Å². The Balaban J connectivity index is 1.82. The molecule has 0 radical (unpaired) electrons. The quantitative estimate of drug-likeness (QED) is 0.530. The molecular weight excluding hydrogens is 350 g/mol. The van der Waals surface area contributed by atoms with Crippen molar-refractivity contribution in [1.29, 1.82) is 0 Å². The van der Waals surface area contributed by atoms with Crippen molar-refractivity contribution in [2.24, 2.45) is 5.73 Å². The van der Waals surface area contributed by atoms with Gasteiger partial charge in [0.05, 0.1) is 5.69 Å². The first-order chi connectivity index (χ1) is 13.8. The zero-order valence-corrected chi connectivity index (χ0v) is 16.1. The minimum absolute atomic E-state index is 0.0535. The van der Waals surface area contributed by atoms with Crippen LogP contribution in [-0.4, -0.2) is 27.6 Å². The molecular formula is C22H27N5O. The summed E-state index contributed by atoms with van der Waals surface area (Å²) >= 11 is 0. The molecule has 3 N–H and O–H groups in total. The van der Waals surface area contributed by atoms with Gasteiger partial charge in [-0.15, -0.1) is 0 Å². The lowest BCUT2D eigenvalue weighted by molar-refractivity contribution is 0.652. The van der Waals surface area contributed by atoms with Crippen molar-refractivity contribution in [3.63, 3.8) is 0 Å². The van der Waals surface area contributed by atoms with Gasteiger partial charge in [-0.2, -0.15) is 0 Å². The molecule has 0 aliphatic rings. The number of hydrogen-bond donors (Lipinski definition) is 2. The van der Waals surface area contributed by atoms with Crippen LogP contribution in [0.15, 0.2) is 65.7 Å². The van der Waals surface area contributed by atoms with Gasteiger partial charge in [-0.25, -0.2) is 4.98 Å². The fourth-order valence-electron chi connectivity index (χ4n) is 3.06. The number of hydrogen-bond acceptors (Lipinski definition) is 5. The van der Waals surface area contributed by atoms with Gasteiger partial charge in [0.15, 0.2) is 0 Å². The van der Waals surface area contributed by atoms with E-state index in [-0.39, 0.29) is 5.56 Å². The molecule has 3 aromatic rings. The third kappa shape index (κ3) is 5.50. The van der Waals surface area contributed by atoms with Crippen LogP contribution in [0.5, 0.6) is 0 Å². The molecule has 0 amide bonds. The molecule has 2 aromatic heterocycles. The standard InChI is InChI=1S/C22H27N5O/c23-12-5-2-6-13-25-22-26-20(19-9-14-24-15-10-19)17-21(28)27(22)16-11-18-7-3-1-4-8-18/h1,3-4,7-10,14-15,17H,2,5-6,11-13,16,23H2,(H,25,26). The van der Waals surface area contributed by atoms with E-state index in [1.54, 1.807) is 23.0 Å². The molecule has 0 aliphatic carbocycles. The lowest BCUT2D eigenvalue weighted by Crippen LogP contribution is -2.26. The normalized spacial score (nSPS) is 10.8. The number of pyridine rings is 1. The summed E-state index contributed by atoms with van der Waals surface area (Å²) < 4.78 is 1.72. The maximum absolute atomic E-state index is 12.8. The second kappa shape index (κ2) is 10.4. The molecule has 0 bridgehead atoms. The van der Waals surface area contributed by atoms with Crippen LogP contribution in [0.2, 0.25) is 0 Å². The van der Waals surface area contributed by atoms with Crippen molar-refractivity contribution in [2.75, 3.05) is 18.4 Å². The fraction of sp³-hybridized carbons (Fsp3) is 0.318. The highest BCUT2D eigenvalue weighted by atomic mass is 16.1. The van der Waals surface area contributed by atoms with E-state index < -0.39 is 0 Å². The van der Waals surface area contributed by atoms with Crippen molar-refractivity contribution >= 4 is 5.95 Å². The average molecular weight is 377 g/mol. The molecule has 0 unspecified atom stereocenters. The highest BCUT2D eigenvalue weighted by Crippen LogP contribution is 2.16. The summed E-state index contributed by atoms with van der Waals surface area (Å²) in [6.07, 6.45) is 7.24. The Morgan fingerprint density at radius 2 is 1.79 bits per heavy atom. The van der Waals surface area contributed by atoms with E-state index >= 15 is 0 Å². The van der Waals surface area contributed by atoms with Crippen LogP contribution < -0.4 is 16.6 Å². The van der Waals surface area contributed by atoms with Gasteiger partial charge in [-0.3, -0.25) is 14.3 Å². The number of rotatable bonds is 10. The van der Waals surface area contributed by atoms with Crippen LogP contribution in [0.25, 0.3) is 11.3 Å². The van der Waals surface area contributed by atoms with Crippen LogP contribution in [0, 0.1) is 0 Å². The topological polar surface area (TPSA) is 85.8 Å². The Labute approximate surface area is 165 Å². The molecule has 1 aromatic carbocycles. The summed E-state index contributed by atoms with van der Waals surface area (Å²) in [5.41, 5.74) is 8.25. The molecule has 3 rings (SSSR count). The molecule has 0 fully saturated rings. The number of aromatic nitrogens is 3. The number of anilines is 1. The second-order valence-electron chi connectivity index (χ2n) is 6.70. The minimum Gasteiger partial charge on any atom is -0.356 e. The molecule has 0 saturated heterocycles. The Morgan fingerprint density at radius 1 is 1.00 bits per heavy atom. The summed E-state index contributed by atoms with van der Waals surface area (Å²) in [6.45, 7) is 2.05. The van der Waals surface area contributed by atoms with Crippen LogP contribution in [0.4, 0.5) is 5.95 Å². The van der Waals surface area contributed by atoms with Crippen molar-refractivity contribution < 1.29 is 0 Å². The number of nitrogens with one attached hydrogen (secondary N) is 1. The van der Waals surface area contributed by atoms with Crippen molar-refractivity contribution in [3.05, 3.63) is 76.8 Å². The van der Waals surface area contributed by atoms with Crippen molar-refractivity contribution in [1.82, 2.24) is 14.5 Å². The molecule has 146 valence electrons. The Kier molecular flexibility index (Phi) is 7.32. The first kappa shape index (κ1) is 19.8. The van der Waals surface area contributed by atoms with E-state index in [4.69, 9.17) is 10.7 Å². The highest BCUT2D eigenvalue weighted by Gasteiger charge is 2.10. The first-order valence-electron chi connectivity index (χ1n) is 9.78. The lowest BCUT2D eigenvalue weighted by atomic mass is 10.1. The van der Waals surface area contributed by atoms with Gasteiger partial charge in [-0.1, -0.05) is 36.8 Å². The third-order valence-electron chi connectivity index (χ3n) is 4.62. The van der Waals surface area contributed by atoms with E-state index in [1.165, 1.54) is 5.56 Å². The smallest absolute Gasteiger partial charge is 0.255 e. The van der Waals surface area contributed by atoms with Crippen LogP contribution in [0.3, 0.4) is 0 Å². The maximum Gasteiger partial charge on any atom is 0.255 e. The average Bonchev–Trinajstić information content (AvgIpc) is 2.74. The van der Waals surface area contributed by atoms with Gasteiger partial charge in [-0.05, 0) is 43.5 Å². The summed E-state index contributed by atoms with van der Waals surface area (Å²) in [7, 11) is 0. The van der Waals surface area contributed by atoms with Crippen molar-refractivity contribution in [2.45, 2.75) is 32.2 Å². The number of nitrogens with two attached hydrogens (primary N) is 1. The molecule has 0 spiro atoms. The summed E-state index contributed by atoms with van der Waals surface area (Å²) in [5, 5.41) is 3.35.